The molecule has 28 heavy (non-hydrogen) atoms. The van der Waals surface area contributed by atoms with Crippen LogP contribution in [0.5, 0.6) is 0 Å². The van der Waals surface area contributed by atoms with E-state index >= 15 is 0 Å². The van der Waals surface area contributed by atoms with E-state index in [2.05, 4.69) is 25.7 Å². The number of carbonyl (C=O) groups is 2. The maximum atomic E-state index is 13.4. The molecule has 2 aliphatic heterocycles. The van der Waals surface area contributed by atoms with Crippen molar-refractivity contribution in [3.8, 4) is 0 Å². The van der Waals surface area contributed by atoms with Crippen LogP contribution < -0.4 is 4.90 Å². The summed E-state index contributed by atoms with van der Waals surface area (Å²) in [6, 6.07) is 9.22. The Morgan fingerprint density at radius 3 is 2.50 bits per heavy atom. The molecule has 150 valence electrons. The lowest BCUT2D eigenvalue weighted by Crippen LogP contribution is -2.49. The maximum Gasteiger partial charge on any atom is 0.240 e. The fourth-order valence-corrected chi connectivity index (χ4v) is 7.14. The first-order valence-corrected chi connectivity index (χ1v) is 13.8. The summed E-state index contributed by atoms with van der Waals surface area (Å²) in [5, 5.41) is 0. The predicted molar refractivity (Wildman–Crippen MR) is 111 cm³/mol. The number of rotatable bonds is 4. The van der Waals surface area contributed by atoms with Gasteiger partial charge in [-0.3, -0.25) is 9.59 Å². The average molecular weight is 400 g/mol. The molecule has 3 aliphatic rings. The van der Waals surface area contributed by atoms with Gasteiger partial charge in [-0.15, -0.1) is 0 Å². The van der Waals surface area contributed by atoms with Gasteiger partial charge in [-0.2, -0.15) is 0 Å². The number of anilines is 1. The maximum absolute atomic E-state index is 13.4. The van der Waals surface area contributed by atoms with Crippen LogP contribution in [0, 0.1) is 11.8 Å². The first-order chi connectivity index (χ1) is 13.3. The standard InChI is InChI=1S/C22H29NO4Si/c1-5-26-18-13-17(28(2,3)4)15-11-12-16-19(20(15)27-18)22(25)23(21(16)24)14-9-7-6-8-10-14/h6-11,16-20H,5,12-13H2,1-4H3/t16-,17+,18+,19-,20+/m1/s1. The van der Waals surface area contributed by atoms with Gasteiger partial charge in [0.25, 0.3) is 0 Å². The summed E-state index contributed by atoms with van der Waals surface area (Å²) < 4.78 is 12.1. The van der Waals surface area contributed by atoms with Crippen LogP contribution >= 0.6 is 0 Å². The molecule has 0 bridgehead atoms. The smallest absolute Gasteiger partial charge is 0.240 e. The predicted octanol–water partition coefficient (Wildman–Crippen LogP) is 3.98. The van der Waals surface area contributed by atoms with Crippen molar-refractivity contribution in [1.29, 1.82) is 0 Å². The SMILES string of the molecule is CCO[C@@H]1C[C@H]([Si](C)(C)C)C2=CC[C@H]3C(=O)N(c4ccccc4)C(=O)[C@H]3[C@H]2O1. The van der Waals surface area contributed by atoms with Crippen molar-refractivity contribution in [3.05, 3.63) is 42.0 Å². The molecule has 0 aromatic heterocycles. The second kappa shape index (κ2) is 7.24. The van der Waals surface area contributed by atoms with E-state index in [0.717, 1.165) is 6.42 Å². The molecule has 0 radical (unpaired) electrons. The second-order valence-electron chi connectivity index (χ2n) is 9.02. The normalized spacial score (nSPS) is 32.8. The first-order valence-electron chi connectivity index (χ1n) is 10.2. The number of hydrogen-bond donors (Lipinski definition) is 0. The van der Waals surface area contributed by atoms with Crippen LogP contribution in [0.3, 0.4) is 0 Å². The highest BCUT2D eigenvalue weighted by atomic mass is 28.3. The first kappa shape index (κ1) is 19.5. The van der Waals surface area contributed by atoms with Gasteiger partial charge in [-0.05, 0) is 36.6 Å². The van der Waals surface area contributed by atoms with Crippen molar-refractivity contribution >= 4 is 25.6 Å². The van der Waals surface area contributed by atoms with Gasteiger partial charge in [0.2, 0.25) is 11.8 Å². The molecule has 1 aromatic carbocycles. The Labute approximate surface area is 167 Å². The fourth-order valence-electron chi connectivity index (χ4n) is 4.95. The van der Waals surface area contributed by atoms with Crippen molar-refractivity contribution in [2.45, 2.75) is 57.3 Å². The van der Waals surface area contributed by atoms with E-state index < -0.39 is 14.0 Å². The highest BCUT2D eigenvalue weighted by molar-refractivity contribution is 6.78. The minimum Gasteiger partial charge on any atom is -0.353 e. The fraction of sp³-hybridized carbons (Fsp3) is 0.545. The zero-order valence-corrected chi connectivity index (χ0v) is 18.1. The number of ether oxygens (including phenoxy) is 2. The zero-order chi connectivity index (χ0) is 20.1. The number of hydrogen-bond acceptors (Lipinski definition) is 4. The molecule has 0 unspecified atom stereocenters. The molecule has 4 rings (SSSR count). The van der Waals surface area contributed by atoms with Crippen LogP contribution in [0.15, 0.2) is 42.0 Å². The Balaban J connectivity index is 1.70. The third kappa shape index (κ3) is 3.17. The summed E-state index contributed by atoms with van der Waals surface area (Å²) in [6.45, 7) is 9.60. The molecule has 2 fully saturated rings. The van der Waals surface area contributed by atoms with Crippen LogP contribution in [0.4, 0.5) is 5.69 Å². The number of allylic oxidation sites excluding steroid dienone is 1. The Hall–Kier alpha value is -1.76. The molecular formula is C22H29NO4Si. The second-order valence-corrected chi connectivity index (χ2v) is 14.4. The number of carbonyl (C=O) groups excluding carboxylic acids is 2. The van der Waals surface area contributed by atoms with E-state index in [1.807, 2.05) is 37.3 Å². The molecule has 1 aliphatic carbocycles. The number of imide groups is 1. The topological polar surface area (TPSA) is 55.8 Å². The van der Waals surface area contributed by atoms with E-state index in [1.54, 1.807) is 0 Å². The summed E-state index contributed by atoms with van der Waals surface area (Å²) in [7, 11) is -1.54. The van der Waals surface area contributed by atoms with E-state index in [9.17, 15) is 9.59 Å². The molecule has 0 N–H and O–H groups in total. The monoisotopic (exact) mass is 399 g/mol. The van der Waals surface area contributed by atoms with Crippen LogP contribution in [0.2, 0.25) is 25.2 Å². The van der Waals surface area contributed by atoms with Gasteiger partial charge in [0, 0.05) is 13.0 Å². The van der Waals surface area contributed by atoms with Gasteiger partial charge in [0.05, 0.1) is 31.7 Å². The quantitative estimate of drug-likeness (QED) is 0.436. The van der Waals surface area contributed by atoms with Crippen LogP contribution in [-0.4, -0.2) is 38.9 Å². The van der Waals surface area contributed by atoms with Crippen molar-refractivity contribution in [2.75, 3.05) is 11.5 Å². The van der Waals surface area contributed by atoms with Gasteiger partial charge in [-0.25, -0.2) is 4.90 Å². The molecule has 1 aromatic rings. The van der Waals surface area contributed by atoms with E-state index in [0.29, 0.717) is 24.3 Å². The molecule has 2 amide bonds. The van der Waals surface area contributed by atoms with Crippen molar-refractivity contribution in [3.63, 3.8) is 0 Å². The lowest BCUT2D eigenvalue weighted by Gasteiger charge is -2.46. The Kier molecular flexibility index (Phi) is 5.06. The summed E-state index contributed by atoms with van der Waals surface area (Å²) in [5.41, 5.74) is 2.28. The lowest BCUT2D eigenvalue weighted by atomic mass is 9.76. The minimum absolute atomic E-state index is 0.108. The highest BCUT2D eigenvalue weighted by Gasteiger charge is 2.57. The molecule has 5 atom stereocenters. The number of fused-ring (bicyclic) bond motifs is 3. The van der Waals surface area contributed by atoms with Crippen molar-refractivity contribution in [2.24, 2.45) is 11.8 Å². The minimum atomic E-state index is -1.54. The average Bonchev–Trinajstić information content (AvgIpc) is 2.92. The van der Waals surface area contributed by atoms with E-state index in [4.69, 9.17) is 9.47 Å². The summed E-state index contributed by atoms with van der Waals surface area (Å²) in [5.74, 6) is -1.04. The molecular weight excluding hydrogens is 370 g/mol. The number of nitrogens with zero attached hydrogens (tertiary/aromatic N) is 1. The van der Waals surface area contributed by atoms with Crippen LogP contribution in [0.1, 0.15) is 19.8 Å². The van der Waals surface area contributed by atoms with Gasteiger partial charge in [0.15, 0.2) is 6.29 Å². The van der Waals surface area contributed by atoms with Gasteiger partial charge in [0.1, 0.15) is 0 Å². The van der Waals surface area contributed by atoms with Crippen molar-refractivity contribution < 1.29 is 19.1 Å². The number of para-hydroxylation sites is 1. The van der Waals surface area contributed by atoms with Crippen molar-refractivity contribution in [1.82, 2.24) is 0 Å². The van der Waals surface area contributed by atoms with E-state index in [-0.39, 0.29) is 30.1 Å². The van der Waals surface area contributed by atoms with Crippen LogP contribution in [-0.2, 0) is 19.1 Å². The lowest BCUT2D eigenvalue weighted by molar-refractivity contribution is -0.191. The third-order valence-corrected chi connectivity index (χ3v) is 8.94. The molecule has 2 heterocycles. The molecule has 2 saturated heterocycles. The Morgan fingerprint density at radius 2 is 1.86 bits per heavy atom. The summed E-state index contributed by atoms with van der Waals surface area (Å²) in [6.07, 6.45) is 2.99. The number of amides is 2. The Bertz CT molecular complexity index is 801. The molecule has 6 heteroatoms. The molecule has 0 spiro atoms. The van der Waals surface area contributed by atoms with Gasteiger partial charge in [-0.1, -0.05) is 43.9 Å². The number of benzene rings is 1. The van der Waals surface area contributed by atoms with Gasteiger partial charge < -0.3 is 9.47 Å². The Morgan fingerprint density at radius 1 is 1.14 bits per heavy atom. The summed E-state index contributed by atoms with van der Waals surface area (Å²) >= 11 is 0. The summed E-state index contributed by atoms with van der Waals surface area (Å²) in [4.78, 5) is 27.9. The molecule has 5 nitrogen and oxygen atoms in total. The zero-order valence-electron chi connectivity index (χ0n) is 17.1. The molecule has 0 saturated carbocycles. The largest absolute Gasteiger partial charge is 0.353 e. The van der Waals surface area contributed by atoms with Gasteiger partial charge >= 0.3 is 0 Å². The van der Waals surface area contributed by atoms with E-state index in [1.165, 1.54) is 10.5 Å². The van der Waals surface area contributed by atoms with Crippen LogP contribution in [0.25, 0.3) is 0 Å². The highest BCUT2D eigenvalue weighted by Crippen LogP contribution is 2.50. The third-order valence-electron chi connectivity index (χ3n) is 6.28.